The zero-order valence-corrected chi connectivity index (χ0v) is 7.79. The zero-order chi connectivity index (χ0) is 9.84. The third-order valence-corrected chi connectivity index (χ3v) is 1.46. The molecule has 0 saturated heterocycles. The summed E-state index contributed by atoms with van der Waals surface area (Å²) < 4.78 is 0.709. The summed E-state index contributed by atoms with van der Waals surface area (Å²) in [4.78, 5) is 9.77. The first kappa shape index (κ1) is 10.0. The Kier molecular flexibility index (Phi) is 3.30. The highest BCUT2D eigenvalue weighted by Crippen LogP contribution is 2.16. The minimum Gasteiger partial charge on any atom is -0.291 e. The second-order valence-electron chi connectivity index (χ2n) is 2.15. The Bertz CT molecular complexity index is 301. The fourth-order valence-electron chi connectivity index (χ4n) is 0.755. The van der Waals surface area contributed by atoms with Crippen molar-refractivity contribution in [3.8, 4) is 0 Å². The van der Waals surface area contributed by atoms with Crippen molar-refractivity contribution in [2.45, 2.75) is 0 Å². The van der Waals surface area contributed by atoms with Crippen molar-refractivity contribution >= 4 is 34.9 Å². The number of halogens is 2. The number of hydrogen-bond acceptors (Lipinski definition) is 4. The van der Waals surface area contributed by atoms with E-state index < -0.39 is 4.92 Å². The maximum Gasteiger partial charge on any atom is 0.269 e. The Labute approximate surface area is 84.2 Å². The van der Waals surface area contributed by atoms with Gasteiger partial charge in [0.2, 0.25) is 0 Å². The number of anilines is 1. The quantitative estimate of drug-likeness (QED) is 0.485. The Morgan fingerprint density at radius 3 is 2.23 bits per heavy atom. The summed E-state index contributed by atoms with van der Waals surface area (Å²) in [5.74, 6) is 0. The summed E-state index contributed by atoms with van der Waals surface area (Å²) in [5, 5.41) is 10.3. The molecule has 7 heteroatoms. The first-order valence-electron chi connectivity index (χ1n) is 3.22. The molecular formula is C6H5Cl2N3O2. The third-order valence-electron chi connectivity index (χ3n) is 1.29. The maximum absolute atomic E-state index is 10.3. The first-order valence-corrected chi connectivity index (χ1v) is 3.90. The van der Waals surface area contributed by atoms with Crippen molar-refractivity contribution in [3.63, 3.8) is 0 Å². The van der Waals surface area contributed by atoms with Crippen LogP contribution in [0.5, 0.6) is 0 Å². The average Bonchev–Trinajstić information content (AvgIpc) is 2.04. The van der Waals surface area contributed by atoms with E-state index in [9.17, 15) is 10.1 Å². The number of hydrogen-bond donors (Lipinski definition) is 1. The van der Waals surface area contributed by atoms with Crippen LogP contribution in [0, 0.1) is 10.1 Å². The number of hydrazine groups is 1. The van der Waals surface area contributed by atoms with E-state index in [2.05, 4.69) is 5.43 Å². The highest BCUT2D eigenvalue weighted by Gasteiger charge is 2.04. The highest BCUT2D eigenvalue weighted by molar-refractivity contribution is 6.34. The molecule has 0 spiro atoms. The predicted octanol–water partition coefficient (Wildman–Crippen LogP) is 2.53. The number of rotatable bonds is 3. The molecule has 1 N–H and O–H groups in total. The summed E-state index contributed by atoms with van der Waals surface area (Å²) >= 11 is 10.5. The van der Waals surface area contributed by atoms with Gasteiger partial charge in [-0.15, -0.1) is 0 Å². The largest absolute Gasteiger partial charge is 0.291 e. The molecule has 0 bridgehead atoms. The Morgan fingerprint density at radius 1 is 1.31 bits per heavy atom. The zero-order valence-electron chi connectivity index (χ0n) is 6.28. The van der Waals surface area contributed by atoms with Gasteiger partial charge < -0.3 is 0 Å². The maximum atomic E-state index is 10.3. The van der Waals surface area contributed by atoms with E-state index in [0.717, 1.165) is 0 Å². The lowest BCUT2D eigenvalue weighted by Gasteiger charge is -2.06. The van der Waals surface area contributed by atoms with Crippen molar-refractivity contribution in [2.24, 2.45) is 0 Å². The Morgan fingerprint density at radius 2 is 1.85 bits per heavy atom. The molecule has 70 valence electrons. The molecule has 1 rings (SSSR count). The van der Waals surface area contributed by atoms with Crippen LogP contribution in [0.25, 0.3) is 0 Å². The van der Waals surface area contributed by atoms with Gasteiger partial charge in [-0.05, 0) is 16.2 Å². The second-order valence-corrected chi connectivity index (χ2v) is 3.00. The predicted molar refractivity (Wildman–Crippen MR) is 50.3 cm³/mol. The number of nitro benzene ring substituents is 1. The summed E-state index contributed by atoms with van der Waals surface area (Å²) in [6.45, 7) is 0. The lowest BCUT2D eigenvalue weighted by Crippen LogP contribution is -2.07. The molecule has 0 radical (unpaired) electrons. The molecule has 0 saturated carbocycles. The standard InChI is InChI=1S/C6H5Cl2N3O2/c7-11(8)9-5-1-3-6(4-2-5)10(12)13/h1-4,9H. The molecular weight excluding hydrogens is 217 g/mol. The summed E-state index contributed by atoms with van der Waals surface area (Å²) in [6.07, 6.45) is 0. The molecule has 0 aliphatic carbocycles. The molecule has 0 aliphatic heterocycles. The molecule has 0 atom stereocenters. The van der Waals surface area contributed by atoms with Gasteiger partial charge in [0.15, 0.2) is 0 Å². The SMILES string of the molecule is O=[N+]([O-])c1ccc(NN(Cl)Cl)cc1. The Hall–Kier alpha value is -1.04. The van der Waals surface area contributed by atoms with E-state index in [0.29, 0.717) is 9.73 Å². The van der Waals surface area contributed by atoms with Crippen molar-refractivity contribution in [2.75, 3.05) is 5.43 Å². The highest BCUT2D eigenvalue weighted by atomic mass is 35.5. The van der Waals surface area contributed by atoms with Crippen molar-refractivity contribution < 1.29 is 4.92 Å². The van der Waals surface area contributed by atoms with Crippen LogP contribution >= 0.6 is 23.6 Å². The lowest BCUT2D eigenvalue weighted by atomic mass is 10.3. The van der Waals surface area contributed by atoms with E-state index in [1.54, 1.807) is 0 Å². The molecule has 0 fully saturated rings. The molecule has 1 aromatic carbocycles. The van der Waals surface area contributed by atoms with Gasteiger partial charge in [-0.1, -0.05) is 0 Å². The van der Waals surface area contributed by atoms with Crippen LogP contribution in [-0.2, 0) is 0 Å². The van der Waals surface area contributed by atoms with Gasteiger partial charge in [0.05, 0.1) is 10.6 Å². The van der Waals surface area contributed by atoms with Crippen LogP contribution in [0.4, 0.5) is 11.4 Å². The summed E-state index contributed by atoms with van der Waals surface area (Å²) in [7, 11) is 0. The number of nitrogens with one attached hydrogen (secondary N) is 1. The average molecular weight is 222 g/mol. The topological polar surface area (TPSA) is 58.4 Å². The molecule has 0 aliphatic rings. The van der Waals surface area contributed by atoms with Crippen molar-refractivity contribution in [3.05, 3.63) is 34.4 Å². The van der Waals surface area contributed by atoms with Crippen LogP contribution in [-0.4, -0.2) is 8.97 Å². The number of benzene rings is 1. The van der Waals surface area contributed by atoms with Crippen LogP contribution in [0.2, 0.25) is 0 Å². The third kappa shape index (κ3) is 3.06. The molecule has 0 heterocycles. The van der Waals surface area contributed by atoms with E-state index in [-0.39, 0.29) is 5.69 Å². The van der Waals surface area contributed by atoms with Gasteiger partial charge in [-0.3, -0.25) is 15.5 Å². The van der Waals surface area contributed by atoms with Crippen LogP contribution in [0.15, 0.2) is 24.3 Å². The first-order chi connectivity index (χ1) is 6.09. The smallest absolute Gasteiger partial charge is 0.269 e. The van der Waals surface area contributed by atoms with Crippen LogP contribution in [0.1, 0.15) is 0 Å². The van der Waals surface area contributed by atoms with E-state index in [1.807, 2.05) is 0 Å². The monoisotopic (exact) mass is 221 g/mol. The lowest BCUT2D eigenvalue weighted by molar-refractivity contribution is -0.384. The summed E-state index contributed by atoms with van der Waals surface area (Å²) in [5.41, 5.74) is 3.09. The van der Waals surface area contributed by atoms with Gasteiger partial charge in [0.25, 0.3) is 5.69 Å². The van der Waals surface area contributed by atoms with Gasteiger partial charge in [0, 0.05) is 35.7 Å². The molecule has 0 aromatic heterocycles. The molecule has 0 unspecified atom stereocenters. The van der Waals surface area contributed by atoms with Gasteiger partial charge in [0.1, 0.15) is 0 Å². The van der Waals surface area contributed by atoms with Crippen LogP contribution in [0.3, 0.4) is 0 Å². The van der Waals surface area contributed by atoms with Crippen molar-refractivity contribution in [1.29, 1.82) is 0 Å². The van der Waals surface area contributed by atoms with Crippen molar-refractivity contribution in [1.82, 2.24) is 4.05 Å². The number of non-ortho nitro benzene ring substituents is 1. The van der Waals surface area contributed by atoms with E-state index >= 15 is 0 Å². The summed E-state index contributed by atoms with van der Waals surface area (Å²) in [6, 6.07) is 5.69. The number of nitrogens with zero attached hydrogens (tertiary/aromatic N) is 2. The van der Waals surface area contributed by atoms with E-state index in [4.69, 9.17) is 23.6 Å². The molecule has 5 nitrogen and oxygen atoms in total. The fraction of sp³-hybridized carbons (Fsp3) is 0. The normalized spacial score (nSPS) is 10.1. The number of nitro groups is 1. The Balaban J connectivity index is 2.75. The van der Waals surface area contributed by atoms with Gasteiger partial charge >= 0.3 is 0 Å². The minimum absolute atomic E-state index is 0.0150. The molecule has 0 amide bonds. The van der Waals surface area contributed by atoms with Crippen LogP contribution < -0.4 is 5.43 Å². The van der Waals surface area contributed by atoms with Gasteiger partial charge in [-0.2, -0.15) is 0 Å². The second kappa shape index (κ2) is 4.27. The molecule has 13 heavy (non-hydrogen) atoms. The fourth-order valence-corrected chi connectivity index (χ4v) is 0.950. The molecule has 1 aromatic rings. The minimum atomic E-state index is -0.483. The van der Waals surface area contributed by atoms with E-state index in [1.165, 1.54) is 24.3 Å². The van der Waals surface area contributed by atoms with Gasteiger partial charge in [-0.25, -0.2) is 0 Å².